The van der Waals surface area contributed by atoms with E-state index in [2.05, 4.69) is 33.7 Å². The molecule has 6 nitrogen and oxygen atoms in total. The van der Waals surface area contributed by atoms with Crippen molar-refractivity contribution < 1.29 is 8.42 Å². The lowest BCUT2D eigenvalue weighted by Crippen LogP contribution is -2.37. The van der Waals surface area contributed by atoms with Crippen LogP contribution in [0, 0.1) is 6.92 Å². The van der Waals surface area contributed by atoms with Crippen LogP contribution >= 0.6 is 0 Å². The summed E-state index contributed by atoms with van der Waals surface area (Å²) in [6.45, 7) is 7.53. The zero-order valence-corrected chi connectivity index (χ0v) is 16.3. The Kier molecular flexibility index (Phi) is 5.58. The first-order chi connectivity index (χ1) is 12.3. The van der Waals surface area contributed by atoms with Crippen LogP contribution in [-0.4, -0.2) is 37.7 Å². The summed E-state index contributed by atoms with van der Waals surface area (Å²) in [5, 5.41) is 8.25. The molecule has 26 heavy (non-hydrogen) atoms. The monoisotopic (exact) mass is 374 g/mol. The van der Waals surface area contributed by atoms with Gasteiger partial charge in [0.05, 0.1) is 11.4 Å². The molecule has 1 aliphatic heterocycles. The quantitative estimate of drug-likeness (QED) is 0.841. The maximum absolute atomic E-state index is 12.5. The van der Waals surface area contributed by atoms with E-state index in [-0.39, 0.29) is 11.8 Å². The van der Waals surface area contributed by atoms with Crippen molar-refractivity contribution in [1.29, 1.82) is 0 Å². The van der Waals surface area contributed by atoms with Crippen LogP contribution in [-0.2, 0) is 15.8 Å². The number of rotatable bonds is 6. The van der Waals surface area contributed by atoms with Gasteiger partial charge in [0.25, 0.3) is 0 Å². The van der Waals surface area contributed by atoms with Gasteiger partial charge in [-0.25, -0.2) is 13.1 Å². The van der Waals surface area contributed by atoms with Gasteiger partial charge in [-0.2, -0.15) is 5.10 Å². The highest BCUT2D eigenvalue weighted by Gasteiger charge is 2.27. The lowest BCUT2D eigenvalue weighted by molar-refractivity contribution is 0.560. The predicted molar refractivity (Wildman–Crippen MR) is 104 cm³/mol. The molecule has 0 bridgehead atoms. The molecule has 1 aromatic carbocycles. The summed E-state index contributed by atoms with van der Waals surface area (Å²) in [6.07, 6.45) is 0.765. The minimum atomic E-state index is -3.38. The van der Waals surface area contributed by atoms with E-state index in [1.165, 1.54) is 5.56 Å². The summed E-state index contributed by atoms with van der Waals surface area (Å²) in [5.41, 5.74) is 2.89. The standard InChI is InChI=1S/C19H26N4O2S/c1-14(2)17-7-5-16(6-8-17)13-26(24,25)22-18-10-11-23(12-18)19-9-4-15(3)20-21-19/h4-9,14,18,22H,10-13H2,1-3H3/t18-/m0/s1. The minimum absolute atomic E-state index is 0.00616. The number of nitrogens with zero attached hydrogens (tertiary/aromatic N) is 3. The first kappa shape index (κ1) is 18.8. The normalized spacial score (nSPS) is 17.8. The lowest BCUT2D eigenvalue weighted by Gasteiger charge is -2.17. The molecule has 1 aliphatic rings. The van der Waals surface area contributed by atoms with E-state index in [0.29, 0.717) is 12.5 Å². The van der Waals surface area contributed by atoms with Gasteiger partial charge < -0.3 is 4.90 Å². The van der Waals surface area contributed by atoms with Crippen LogP contribution in [0.4, 0.5) is 5.82 Å². The molecule has 0 radical (unpaired) electrons. The third kappa shape index (κ3) is 4.80. The van der Waals surface area contributed by atoms with Crippen LogP contribution in [0.2, 0.25) is 0 Å². The summed E-state index contributed by atoms with van der Waals surface area (Å²) in [5.74, 6) is 1.24. The van der Waals surface area contributed by atoms with Crippen LogP contribution in [0.15, 0.2) is 36.4 Å². The Balaban J connectivity index is 1.58. The van der Waals surface area contributed by atoms with Gasteiger partial charge in [0.2, 0.25) is 10.0 Å². The Bertz CT molecular complexity index is 833. The minimum Gasteiger partial charge on any atom is -0.353 e. The lowest BCUT2D eigenvalue weighted by atomic mass is 10.0. The maximum atomic E-state index is 12.5. The molecule has 0 amide bonds. The average molecular weight is 375 g/mol. The molecule has 2 aromatic rings. The predicted octanol–water partition coefficient (Wildman–Crippen LogP) is 2.61. The summed E-state index contributed by atoms with van der Waals surface area (Å²) in [7, 11) is -3.38. The molecule has 140 valence electrons. The first-order valence-corrected chi connectivity index (χ1v) is 10.6. The molecule has 1 N–H and O–H groups in total. The molecule has 0 unspecified atom stereocenters. The van der Waals surface area contributed by atoms with Crippen LogP contribution in [0.3, 0.4) is 0 Å². The highest BCUT2D eigenvalue weighted by molar-refractivity contribution is 7.88. The molecule has 7 heteroatoms. The van der Waals surface area contributed by atoms with E-state index in [9.17, 15) is 8.42 Å². The van der Waals surface area contributed by atoms with Crippen LogP contribution < -0.4 is 9.62 Å². The van der Waals surface area contributed by atoms with Gasteiger partial charge in [-0.05, 0) is 42.5 Å². The second-order valence-electron chi connectivity index (χ2n) is 7.24. The number of sulfonamides is 1. The van der Waals surface area contributed by atoms with Gasteiger partial charge in [0.1, 0.15) is 0 Å². The van der Waals surface area contributed by atoms with Crippen LogP contribution in [0.25, 0.3) is 0 Å². The number of nitrogens with one attached hydrogen (secondary N) is 1. The van der Waals surface area contributed by atoms with Crippen molar-refractivity contribution in [2.24, 2.45) is 0 Å². The number of hydrogen-bond acceptors (Lipinski definition) is 5. The summed E-state index contributed by atoms with van der Waals surface area (Å²) in [6, 6.07) is 11.6. The van der Waals surface area contributed by atoms with Crippen molar-refractivity contribution >= 4 is 15.8 Å². The van der Waals surface area contributed by atoms with Gasteiger partial charge in [-0.3, -0.25) is 0 Å². The maximum Gasteiger partial charge on any atom is 0.216 e. The van der Waals surface area contributed by atoms with E-state index in [1.54, 1.807) is 0 Å². The molecule has 3 rings (SSSR count). The smallest absolute Gasteiger partial charge is 0.216 e. The topological polar surface area (TPSA) is 75.2 Å². The van der Waals surface area contributed by atoms with E-state index in [1.807, 2.05) is 43.3 Å². The Morgan fingerprint density at radius 2 is 1.88 bits per heavy atom. The highest BCUT2D eigenvalue weighted by Crippen LogP contribution is 2.19. The van der Waals surface area contributed by atoms with Crippen LogP contribution in [0.1, 0.15) is 43.0 Å². The number of aromatic nitrogens is 2. The number of aryl methyl sites for hydroxylation is 1. The van der Waals surface area contributed by atoms with Gasteiger partial charge in [-0.15, -0.1) is 5.10 Å². The Labute approximate surface area is 155 Å². The highest BCUT2D eigenvalue weighted by atomic mass is 32.2. The van der Waals surface area contributed by atoms with Crippen molar-refractivity contribution in [2.75, 3.05) is 18.0 Å². The zero-order chi connectivity index (χ0) is 18.7. The second kappa shape index (κ2) is 7.72. The van der Waals surface area contributed by atoms with E-state index < -0.39 is 10.0 Å². The fourth-order valence-electron chi connectivity index (χ4n) is 3.14. The number of benzene rings is 1. The molecule has 1 atom stereocenters. The molecule has 1 saturated heterocycles. The summed E-state index contributed by atoms with van der Waals surface area (Å²) < 4.78 is 27.8. The van der Waals surface area contributed by atoms with Gasteiger partial charge in [-0.1, -0.05) is 38.1 Å². The number of hydrogen-bond donors (Lipinski definition) is 1. The third-order valence-corrected chi connectivity index (χ3v) is 6.05. The molecule has 2 heterocycles. The van der Waals surface area contributed by atoms with Crippen molar-refractivity contribution in [3.05, 3.63) is 53.2 Å². The average Bonchev–Trinajstić information content (AvgIpc) is 3.03. The zero-order valence-electron chi connectivity index (χ0n) is 15.5. The molecule has 0 spiro atoms. The van der Waals surface area contributed by atoms with Crippen molar-refractivity contribution in [1.82, 2.24) is 14.9 Å². The fourth-order valence-corrected chi connectivity index (χ4v) is 4.55. The molecule has 0 saturated carbocycles. The van der Waals surface area contributed by atoms with Crippen molar-refractivity contribution in [3.8, 4) is 0 Å². The van der Waals surface area contributed by atoms with E-state index >= 15 is 0 Å². The second-order valence-corrected chi connectivity index (χ2v) is 8.99. The molecule has 1 fully saturated rings. The summed E-state index contributed by atoms with van der Waals surface area (Å²) in [4.78, 5) is 2.07. The Morgan fingerprint density at radius 3 is 2.50 bits per heavy atom. The first-order valence-electron chi connectivity index (χ1n) is 8.96. The Hall–Kier alpha value is -1.99. The summed E-state index contributed by atoms with van der Waals surface area (Å²) >= 11 is 0. The Morgan fingerprint density at radius 1 is 1.15 bits per heavy atom. The van der Waals surface area contributed by atoms with Gasteiger partial charge >= 0.3 is 0 Å². The molecular formula is C19H26N4O2S. The van der Waals surface area contributed by atoms with Crippen molar-refractivity contribution in [2.45, 2.75) is 44.9 Å². The largest absolute Gasteiger partial charge is 0.353 e. The SMILES string of the molecule is Cc1ccc(N2CC[C@H](NS(=O)(=O)Cc3ccc(C(C)C)cc3)C2)nn1. The molecule has 1 aromatic heterocycles. The van der Waals surface area contributed by atoms with Gasteiger partial charge in [0.15, 0.2) is 5.82 Å². The number of anilines is 1. The van der Waals surface area contributed by atoms with Crippen LogP contribution in [0.5, 0.6) is 0 Å². The molecular weight excluding hydrogens is 348 g/mol. The van der Waals surface area contributed by atoms with Crippen molar-refractivity contribution in [3.63, 3.8) is 0 Å². The van der Waals surface area contributed by atoms with E-state index in [0.717, 1.165) is 30.0 Å². The van der Waals surface area contributed by atoms with E-state index in [4.69, 9.17) is 0 Å². The molecule has 0 aliphatic carbocycles. The fraction of sp³-hybridized carbons (Fsp3) is 0.474. The van der Waals surface area contributed by atoms with Gasteiger partial charge in [0, 0.05) is 19.1 Å². The third-order valence-electron chi connectivity index (χ3n) is 4.65.